The number of rotatable bonds is 7. The number of benzene rings is 1. The Hall–Kier alpha value is -3.40. The number of carbonyl (C=O) groups is 3. The number of para-hydroxylation sites is 1. The second kappa shape index (κ2) is 9.88. The number of esters is 2. The number of hydrogen-bond donors (Lipinski definition) is 2. The third kappa shape index (κ3) is 5.35. The Labute approximate surface area is 173 Å². The number of fused-ring (bicyclic) bond motifs is 1. The normalized spacial score (nSPS) is 14.9. The van der Waals surface area contributed by atoms with E-state index < -0.39 is 31.8 Å². The van der Waals surface area contributed by atoms with Gasteiger partial charge in [0.1, 0.15) is 11.3 Å². The largest absolute Gasteiger partial charge is 0.547 e. The van der Waals surface area contributed by atoms with Gasteiger partial charge in [0.15, 0.2) is 0 Å². The molecule has 1 atom stereocenters. The highest BCUT2D eigenvalue weighted by Crippen LogP contribution is 2.30. The predicted octanol–water partition coefficient (Wildman–Crippen LogP) is 0.831. The number of carbonyl (C=O) groups excluding carboxylic acids is 3. The molecule has 9 nitrogen and oxygen atoms in total. The molecule has 0 fully saturated rings. The third-order valence-corrected chi connectivity index (χ3v) is 4.49. The summed E-state index contributed by atoms with van der Waals surface area (Å²) in [6.07, 6.45) is 3.72. The van der Waals surface area contributed by atoms with Gasteiger partial charge in [-0.1, -0.05) is 25.1 Å². The fraction of sp³-hybridized carbons (Fsp3) is 0.300. The first-order chi connectivity index (χ1) is 14.5. The molecule has 1 amide bonds. The molecule has 0 bridgehead atoms. The SMILES string of the molecule is CCC(=O)N[C@H]1Cc2cccc(C(=O)OCOC(=O)Cc3cccnc3)c2OB1O. The first-order valence-electron chi connectivity index (χ1n) is 9.45. The van der Waals surface area contributed by atoms with Crippen LogP contribution in [0.2, 0.25) is 0 Å². The number of nitrogens with zero attached hydrogens (tertiary/aromatic N) is 1. The lowest BCUT2D eigenvalue weighted by Gasteiger charge is -2.29. The standard InChI is InChI=1S/C20H21BN2O7/c1-2-17(24)23-16-10-14-6-3-7-15(19(14)30-21(16)27)20(26)29-12-28-18(25)9-13-5-4-8-22-11-13/h3-8,11,16,27H,2,9-10,12H2,1H3,(H,23,24)/t16-/m0/s1. The summed E-state index contributed by atoms with van der Waals surface area (Å²) in [7, 11) is -1.31. The minimum absolute atomic E-state index is 0.00625. The maximum atomic E-state index is 12.4. The summed E-state index contributed by atoms with van der Waals surface area (Å²) in [4.78, 5) is 39.7. The van der Waals surface area contributed by atoms with Crippen LogP contribution in [0.3, 0.4) is 0 Å². The van der Waals surface area contributed by atoms with E-state index in [0.29, 0.717) is 17.5 Å². The van der Waals surface area contributed by atoms with Gasteiger partial charge in [-0.15, -0.1) is 0 Å². The fourth-order valence-corrected chi connectivity index (χ4v) is 2.96. The Morgan fingerprint density at radius 3 is 2.83 bits per heavy atom. The van der Waals surface area contributed by atoms with E-state index in [2.05, 4.69) is 10.3 Å². The molecule has 0 saturated heterocycles. The van der Waals surface area contributed by atoms with Crippen molar-refractivity contribution >= 4 is 25.0 Å². The second-order valence-electron chi connectivity index (χ2n) is 6.64. The maximum Gasteiger partial charge on any atom is 0.547 e. The number of hydrogen-bond acceptors (Lipinski definition) is 8. The van der Waals surface area contributed by atoms with Crippen LogP contribution in [-0.4, -0.2) is 47.7 Å². The van der Waals surface area contributed by atoms with Crippen molar-refractivity contribution in [2.45, 2.75) is 32.1 Å². The molecule has 1 aromatic carbocycles. The van der Waals surface area contributed by atoms with E-state index in [1.807, 2.05) is 0 Å². The van der Waals surface area contributed by atoms with Gasteiger partial charge in [-0.05, 0) is 29.7 Å². The summed E-state index contributed by atoms with van der Waals surface area (Å²) in [6, 6.07) is 8.29. The first kappa shape index (κ1) is 21.3. The van der Waals surface area contributed by atoms with Gasteiger partial charge in [0.05, 0.1) is 12.4 Å². The molecule has 2 aromatic rings. The monoisotopic (exact) mass is 412 g/mol. The lowest BCUT2D eigenvalue weighted by molar-refractivity contribution is -0.151. The number of ether oxygens (including phenoxy) is 2. The van der Waals surface area contributed by atoms with Crippen LogP contribution in [0.5, 0.6) is 5.75 Å². The smallest absolute Gasteiger partial charge is 0.534 e. The van der Waals surface area contributed by atoms with Gasteiger partial charge >= 0.3 is 19.1 Å². The minimum Gasteiger partial charge on any atom is -0.534 e. The van der Waals surface area contributed by atoms with Crippen molar-refractivity contribution < 1.29 is 33.5 Å². The Bertz CT molecular complexity index is 923. The van der Waals surface area contributed by atoms with Gasteiger partial charge in [0.25, 0.3) is 0 Å². The van der Waals surface area contributed by atoms with Crippen molar-refractivity contribution in [3.8, 4) is 5.75 Å². The molecular formula is C20H21BN2O7. The van der Waals surface area contributed by atoms with E-state index in [1.165, 1.54) is 6.07 Å². The molecule has 0 spiro atoms. The average Bonchev–Trinajstić information content (AvgIpc) is 2.74. The van der Waals surface area contributed by atoms with Crippen molar-refractivity contribution in [3.05, 3.63) is 59.4 Å². The topological polar surface area (TPSA) is 124 Å². The summed E-state index contributed by atoms with van der Waals surface area (Å²) in [5.74, 6) is -1.98. The Kier molecular flexibility index (Phi) is 7.02. The number of aromatic nitrogens is 1. The highest BCUT2D eigenvalue weighted by atomic mass is 16.7. The lowest BCUT2D eigenvalue weighted by Crippen LogP contribution is -2.53. The summed E-state index contributed by atoms with van der Waals surface area (Å²) in [5, 5.41) is 12.9. The molecule has 1 aliphatic heterocycles. The lowest BCUT2D eigenvalue weighted by atomic mass is 9.72. The Balaban J connectivity index is 1.58. The average molecular weight is 412 g/mol. The van der Waals surface area contributed by atoms with Crippen molar-refractivity contribution in [3.63, 3.8) is 0 Å². The van der Waals surface area contributed by atoms with E-state index >= 15 is 0 Å². The van der Waals surface area contributed by atoms with Crippen LogP contribution in [0.15, 0.2) is 42.7 Å². The molecule has 0 radical (unpaired) electrons. The van der Waals surface area contributed by atoms with Crippen LogP contribution in [0.25, 0.3) is 0 Å². The van der Waals surface area contributed by atoms with Crippen LogP contribution in [-0.2, 0) is 31.9 Å². The van der Waals surface area contributed by atoms with Crippen molar-refractivity contribution in [2.24, 2.45) is 0 Å². The molecule has 2 heterocycles. The zero-order chi connectivity index (χ0) is 21.5. The van der Waals surface area contributed by atoms with E-state index in [4.69, 9.17) is 14.1 Å². The van der Waals surface area contributed by atoms with Crippen LogP contribution in [0, 0.1) is 0 Å². The zero-order valence-electron chi connectivity index (χ0n) is 16.4. The van der Waals surface area contributed by atoms with Gasteiger partial charge in [0, 0.05) is 18.8 Å². The molecule has 2 N–H and O–H groups in total. The highest BCUT2D eigenvalue weighted by Gasteiger charge is 2.37. The fourth-order valence-electron chi connectivity index (χ4n) is 2.96. The molecule has 0 unspecified atom stereocenters. The molecule has 0 aliphatic carbocycles. The molecule has 30 heavy (non-hydrogen) atoms. The minimum atomic E-state index is -1.31. The van der Waals surface area contributed by atoms with Crippen LogP contribution >= 0.6 is 0 Å². The molecular weight excluding hydrogens is 391 g/mol. The molecule has 0 saturated carbocycles. The molecule has 10 heteroatoms. The van der Waals surface area contributed by atoms with E-state index in [9.17, 15) is 19.4 Å². The zero-order valence-corrected chi connectivity index (χ0v) is 16.4. The summed E-state index contributed by atoms with van der Waals surface area (Å²) in [5.41, 5.74) is 1.41. The van der Waals surface area contributed by atoms with Gasteiger partial charge < -0.3 is 24.5 Å². The number of amides is 1. The molecule has 1 aromatic heterocycles. The van der Waals surface area contributed by atoms with Crippen molar-refractivity contribution in [2.75, 3.05) is 6.79 Å². The van der Waals surface area contributed by atoms with E-state index in [-0.39, 0.29) is 30.1 Å². The third-order valence-electron chi connectivity index (χ3n) is 4.49. The van der Waals surface area contributed by atoms with Crippen LogP contribution in [0.4, 0.5) is 0 Å². The molecule has 156 valence electrons. The van der Waals surface area contributed by atoms with Crippen LogP contribution in [0.1, 0.15) is 34.8 Å². The van der Waals surface area contributed by atoms with Gasteiger partial charge in [-0.2, -0.15) is 0 Å². The molecule has 3 rings (SSSR count). The Morgan fingerprint density at radius 2 is 2.10 bits per heavy atom. The molecule has 1 aliphatic rings. The van der Waals surface area contributed by atoms with Crippen LogP contribution < -0.4 is 9.97 Å². The maximum absolute atomic E-state index is 12.4. The van der Waals surface area contributed by atoms with Gasteiger partial charge in [-0.3, -0.25) is 14.6 Å². The van der Waals surface area contributed by atoms with Crippen molar-refractivity contribution in [1.82, 2.24) is 10.3 Å². The van der Waals surface area contributed by atoms with E-state index in [0.717, 1.165) is 0 Å². The van der Waals surface area contributed by atoms with Gasteiger partial charge in [0.2, 0.25) is 12.7 Å². The first-order valence-corrected chi connectivity index (χ1v) is 9.45. The number of nitrogens with one attached hydrogen (secondary N) is 1. The summed E-state index contributed by atoms with van der Waals surface area (Å²) >= 11 is 0. The van der Waals surface area contributed by atoms with Crippen molar-refractivity contribution in [1.29, 1.82) is 0 Å². The second-order valence-corrected chi connectivity index (χ2v) is 6.64. The summed E-state index contributed by atoms with van der Waals surface area (Å²) < 4.78 is 15.4. The Morgan fingerprint density at radius 1 is 1.27 bits per heavy atom. The van der Waals surface area contributed by atoms with Gasteiger partial charge in [-0.25, -0.2) is 4.79 Å². The van der Waals surface area contributed by atoms with E-state index in [1.54, 1.807) is 43.6 Å². The highest BCUT2D eigenvalue weighted by molar-refractivity contribution is 6.47. The quantitative estimate of drug-likeness (QED) is 0.390. The predicted molar refractivity (Wildman–Crippen MR) is 105 cm³/mol. The summed E-state index contributed by atoms with van der Waals surface area (Å²) in [6.45, 7) is 1.15. The number of pyridine rings is 1.